The van der Waals surface area contributed by atoms with Crippen LogP contribution in [0, 0.1) is 0 Å². The van der Waals surface area contributed by atoms with Gasteiger partial charge in [-0.1, -0.05) is 13.3 Å². The van der Waals surface area contributed by atoms with E-state index in [9.17, 15) is 4.79 Å². The minimum absolute atomic E-state index is 0.161. The first kappa shape index (κ1) is 11.7. The van der Waals surface area contributed by atoms with Gasteiger partial charge < -0.3 is 10.1 Å². The third kappa shape index (κ3) is 3.71. The Balaban J connectivity index is 2.43. The molecule has 0 aliphatic carbocycles. The predicted octanol–water partition coefficient (Wildman–Crippen LogP) is 0.738. The van der Waals surface area contributed by atoms with Crippen molar-refractivity contribution in [1.82, 2.24) is 15.5 Å². The first-order valence-electron chi connectivity index (χ1n) is 5.09. The van der Waals surface area contributed by atoms with E-state index < -0.39 is 0 Å². The van der Waals surface area contributed by atoms with Crippen molar-refractivity contribution in [2.45, 2.75) is 19.8 Å². The molecule has 0 aliphatic heterocycles. The quantitative estimate of drug-likeness (QED) is 0.682. The lowest BCUT2D eigenvalue weighted by atomic mass is 10.2. The lowest BCUT2D eigenvalue weighted by Gasteiger charge is -2.00. The summed E-state index contributed by atoms with van der Waals surface area (Å²) in [6, 6.07) is 1.78. The van der Waals surface area contributed by atoms with Crippen molar-refractivity contribution >= 4 is 5.91 Å². The van der Waals surface area contributed by atoms with Crippen LogP contribution in [0.1, 0.15) is 29.5 Å². The maximum atomic E-state index is 11.5. The number of amides is 1. The van der Waals surface area contributed by atoms with Gasteiger partial charge in [0, 0.05) is 19.3 Å². The van der Waals surface area contributed by atoms with Gasteiger partial charge in [-0.15, -0.1) is 0 Å². The zero-order valence-electron chi connectivity index (χ0n) is 9.17. The summed E-state index contributed by atoms with van der Waals surface area (Å²) in [5.41, 5.74) is 1.43. The van der Waals surface area contributed by atoms with Gasteiger partial charge in [-0.05, 0) is 12.5 Å². The third-order valence-electron chi connectivity index (χ3n) is 1.97. The predicted molar refractivity (Wildman–Crippen MR) is 56.8 cm³/mol. The van der Waals surface area contributed by atoms with Gasteiger partial charge in [0.2, 0.25) is 0 Å². The molecule has 1 heterocycles. The highest BCUT2D eigenvalue weighted by Crippen LogP contribution is 2.01. The van der Waals surface area contributed by atoms with Gasteiger partial charge in [-0.3, -0.25) is 9.89 Å². The number of carbonyl (C=O) groups is 1. The van der Waals surface area contributed by atoms with Crippen molar-refractivity contribution in [2.24, 2.45) is 0 Å². The fraction of sp³-hybridized carbons (Fsp3) is 0.600. The molecule has 0 saturated carbocycles. The van der Waals surface area contributed by atoms with Crippen molar-refractivity contribution in [3.05, 3.63) is 17.5 Å². The molecule has 0 aliphatic rings. The summed E-state index contributed by atoms with van der Waals surface area (Å²) in [7, 11) is 1.60. The lowest BCUT2D eigenvalue weighted by Crippen LogP contribution is -2.27. The number of rotatable bonds is 6. The van der Waals surface area contributed by atoms with Crippen LogP contribution in [0.5, 0.6) is 0 Å². The van der Waals surface area contributed by atoms with Crippen LogP contribution in [0.2, 0.25) is 0 Å². The second-order valence-corrected chi connectivity index (χ2v) is 3.28. The van der Waals surface area contributed by atoms with Gasteiger partial charge in [-0.2, -0.15) is 5.10 Å². The zero-order chi connectivity index (χ0) is 11.1. The van der Waals surface area contributed by atoms with E-state index >= 15 is 0 Å². The average molecular weight is 211 g/mol. The molecule has 5 heteroatoms. The molecule has 1 rings (SSSR count). The van der Waals surface area contributed by atoms with Crippen molar-refractivity contribution in [3.63, 3.8) is 0 Å². The number of methoxy groups -OCH3 is 1. The highest BCUT2D eigenvalue weighted by Gasteiger charge is 2.08. The maximum Gasteiger partial charge on any atom is 0.271 e. The average Bonchev–Trinajstić information content (AvgIpc) is 2.67. The summed E-state index contributed by atoms with van der Waals surface area (Å²) < 4.78 is 4.83. The molecule has 2 N–H and O–H groups in total. The molecule has 0 unspecified atom stereocenters. The van der Waals surface area contributed by atoms with E-state index in [1.807, 2.05) is 0 Å². The van der Waals surface area contributed by atoms with Gasteiger partial charge in [0.1, 0.15) is 5.69 Å². The van der Waals surface area contributed by atoms with E-state index in [1.165, 1.54) is 0 Å². The maximum absolute atomic E-state index is 11.5. The van der Waals surface area contributed by atoms with Crippen LogP contribution in [0.3, 0.4) is 0 Å². The van der Waals surface area contributed by atoms with Crippen LogP contribution in [-0.2, 0) is 11.2 Å². The molecule has 0 aromatic carbocycles. The minimum atomic E-state index is -0.161. The highest BCUT2D eigenvalue weighted by molar-refractivity contribution is 5.92. The minimum Gasteiger partial charge on any atom is -0.383 e. The van der Waals surface area contributed by atoms with E-state index in [0.717, 1.165) is 18.5 Å². The summed E-state index contributed by atoms with van der Waals surface area (Å²) in [6.45, 7) is 3.10. The number of ether oxygens (including phenoxy) is 1. The molecular formula is C10H17N3O2. The summed E-state index contributed by atoms with van der Waals surface area (Å²) in [6.07, 6.45) is 1.95. The Hall–Kier alpha value is -1.36. The molecule has 0 radical (unpaired) electrons. The number of H-pyrrole nitrogens is 1. The summed E-state index contributed by atoms with van der Waals surface area (Å²) in [4.78, 5) is 11.5. The molecule has 84 valence electrons. The normalized spacial score (nSPS) is 10.3. The van der Waals surface area contributed by atoms with Crippen LogP contribution in [0.4, 0.5) is 0 Å². The number of hydrogen-bond acceptors (Lipinski definition) is 3. The molecule has 1 aromatic heterocycles. The molecule has 0 bridgehead atoms. The van der Waals surface area contributed by atoms with Gasteiger partial charge in [0.05, 0.1) is 6.61 Å². The topological polar surface area (TPSA) is 67.0 Å². The van der Waals surface area contributed by atoms with Crippen LogP contribution in [0.15, 0.2) is 6.07 Å². The van der Waals surface area contributed by atoms with Gasteiger partial charge in [0.25, 0.3) is 5.91 Å². The fourth-order valence-electron chi connectivity index (χ4n) is 1.23. The monoisotopic (exact) mass is 211 g/mol. The number of aryl methyl sites for hydroxylation is 1. The summed E-state index contributed by atoms with van der Waals surface area (Å²) >= 11 is 0. The fourth-order valence-corrected chi connectivity index (χ4v) is 1.23. The van der Waals surface area contributed by atoms with Crippen molar-refractivity contribution < 1.29 is 9.53 Å². The second kappa shape index (κ2) is 6.19. The molecular weight excluding hydrogens is 194 g/mol. The first-order chi connectivity index (χ1) is 7.27. The zero-order valence-corrected chi connectivity index (χ0v) is 9.17. The van der Waals surface area contributed by atoms with Crippen LogP contribution < -0.4 is 5.32 Å². The Morgan fingerprint density at radius 3 is 3.13 bits per heavy atom. The lowest BCUT2D eigenvalue weighted by molar-refractivity contribution is 0.0932. The van der Waals surface area contributed by atoms with E-state index in [4.69, 9.17) is 4.74 Å². The number of aromatic amines is 1. The summed E-state index contributed by atoms with van der Waals surface area (Å²) in [5, 5.41) is 9.48. The third-order valence-corrected chi connectivity index (χ3v) is 1.97. The number of hydrogen-bond donors (Lipinski definition) is 2. The van der Waals surface area contributed by atoms with Crippen molar-refractivity contribution in [1.29, 1.82) is 0 Å². The van der Waals surface area contributed by atoms with E-state index in [1.54, 1.807) is 13.2 Å². The van der Waals surface area contributed by atoms with Crippen molar-refractivity contribution in [3.8, 4) is 0 Å². The Kier molecular flexibility index (Phi) is 4.83. The second-order valence-electron chi connectivity index (χ2n) is 3.28. The molecule has 5 nitrogen and oxygen atoms in total. The Labute approximate surface area is 89.2 Å². The van der Waals surface area contributed by atoms with E-state index in [-0.39, 0.29) is 5.91 Å². The number of carbonyl (C=O) groups excluding carboxylic acids is 1. The van der Waals surface area contributed by atoms with Crippen LogP contribution >= 0.6 is 0 Å². The van der Waals surface area contributed by atoms with Crippen LogP contribution in [0.25, 0.3) is 0 Å². The molecule has 1 aromatic rings. The molecule has 0 atom stereocenters. The Morgan fingerprint density at radius 1 is 1.67 bits per heavy atom. The first-order valence-corrected chi connectivity index (χ1v) is 5.09. The molecule has 0 spiro atoms. The van der Waals surface area contributed by atoms with E-state index in [2.05, 4.69) is 22.4 Å². The van der Waals surface area contributed by atoms with E-state index in [0.29, 0.717) is 18.8 Å². The number of aromatic nitrogens is 2. The van der Waals surface area contributed by atoms with Crippen LogP contribution in [-0.4, -0.2) is 36.4 Å². The van der Waals surface area contributed by atoms with Gasteiger partial charge >= 0.3 is 0 Å². The smallest absolute Gasteiger partial charge is 0.271 e. The highest BCUT2D eigenvalue weighted by atomic mass is 16.5. The molecule has 1 amide bonds. The summed E-state index contributed by atoms with van der Waals surface area (Å²) in [5.74, 6) is -0.161. The van der Waals surface area contributed by atoms with Crippen molar-refractivity contribution in [2.75, 3.05) is 20.3 Å². The number of nitrogens with zero attached hydrogens (tertiary/aromatic N) is 1. The molecule has 0 saturated heterocycles. The Bertz CT molecular complexity index is 309. The largest absolute Gasteiger partial charge is 0.383 e. The standard InChI is InChI=1S/C10H17N3O2/c1-3-4-8-7-9(13-12-8)10(14)11-5-6-15-2/h7H,3-6H2,1-2H3,(H,11,14)(H,12,13). The number of nitrogens with one attached hydrogen (secondary N) is 2. The molecule has 15 heavy (non-hydrogen) atoms. The Morgan fingerprint density at radius 2 is 2.47 bits per heavy atom. The van der Waals surface area contributed by atoms with Gasteiger partial charge in [-0.25, -0.2) is 0 Å². The van der Waals surface area contributed by atoms with Gasteiger partial charge in [0.15, 0.2) is 0 Å². The molecule has 0 fully saturated rings. The SMILES string of the molecule is CCCc1cc(C(=O)NCCOC)n[nH]1.